The Labute approximate surface area is 156 Å². The van der Waals surface area contributed by atoms with Crippen LogP contribution >= 0.6 is 34.7 Å². The summed E-state index contributed by atoms with van der Waals surface area (Å²) in [6.45, 7) is 0. The van der Waals surface area contributed by atoms with Crippen LogP contribution in [0.2, 0.25) is 5.02 Å². The van der Waals surface area contributed by atoms with Gasteiger partial charge >= 0.3 is 0 Å². The first kappa shape index (κ1) is 16.3. The van der Waals surface area contributed by atoms with E-state index in [9.17, 15) is 0 Å². The standard InChI is InChI=1S/C16H12ClN5OS2/c1-22-15(10-4-6-11(17)7-5-10)19-20-16(22)25-9-13-18-14(21-23-13)12-3-2-8-24-12/h2-8H,9H2,1H3. The van der Waals surface area contributed by atoms with Gasteiger partial charge in [-0.25, -0.2) is 0 Å². The molecule has 0 bridgehead atoms. The maximum Gasteiger partial charge on any atom is 0.237 e. The van der Waals surface area contributed by atoms with E-state index in [1.807, 2.05) is 53.4 Å². The van der Waals surface area contributed by atoms with E-state index in [2.05, 4.69) is 20.3 Å². The van der Waals surface area contributed by atoms with Gasteiger partial charge in [-0.2, -0.15) is 4.98 Å². The molecule has 0 amide bonds. The lowest BCUT2D eigenvalue weighted by atomic mass is 10.2. The van der Waals surface area contributed by atoms with Crippen LogP contribution in [0.4, 0.5) is 0 Å². The molecular weight excluding hydrogens is 378 g/mol. The van der Waals surface area contributed by atoms with Crippen LogP contribution < -0.4 is 0 Å². The maximum absolute atomic E-state index is 5.93. The van der Waals surface area contributed by atoms with Crippen LogP contribution in [0.5, 0.6) is 0 Å². The van der Waals surface area contributed by atoms with E-state index >= 15 is 0 Å². The van der Waals surface area contributed by atoms with Gasteiger partial charge in [0.25, 0.3) is 0 Å². The van der Waals surface area contributed by atoms with Crippen molar-refractivity contribution in [1.29, 1.82) is 0 Å². The van der Waals surface area contributed by atoms with E-state index in [0.29, 0.717) is 22.5 Å². The predicted molar refractivity (Wildman–Crippen MR) is 98.6 cm³/mol. The molecule has 0 saturated carbocycles. The van der Waals surface area contributed by atoms with Gasteiger partial charge in [0, 0.05) is 17.6 Å². The molecule has 1 aromatic carbocycles. The first-order chi connectivity index (χ1) is 12.2. The topological polar surface area (TPSA) is 69.6 Å². The fourth-order valence-electron chi connectivity index (χ4n) is 2.24. The number of nitrogens with zero attached hydrogens (tertiary/aromatic N) is 5. The Morgan fingerprint density at radius 2 is 2.04 bits per heavy atom. The van der Waals surface area contributed by atoms with Crippen LogP contribution in [-0.4, -0.2) is 24.9 Å². The minimum atomic E-state index is 0.533. The van der Waals surface area contributed by atoms with E-state index in [1.165, 1.54) is 11.8 Å². The van der Waals surface area contributed by atoms with Gasteiger partial charge in [0.05, 0.1) is 10.6 Å². The zero-order valence-corrected chi connectivity index (χ0v) is 15.5. The van der Waals surface area contributed by atoms with Gasteiger partial charge in [-0.15, -0.1) is 21.5 Å². The zero-order chi connectivity index (χ0) is 17.2. The smallest absolute Gasteiger partial charge is 0.237 e. The largest absolute Gasteiger partial charge is 0.338 e. The number of aromatic nitrogens is 5. The molecule has 0 radical (unpaired) electrons. The van der Waals surface area contributed by atoms with Gasteiger partial charge in [-0.1, -0.05) is 34.6 Å². The average molecular weight is 390 g/mol. The fraction of sp³-hybridized carbons (Fsp3) is 0.125. The highest BCUT2D eigenvalue weighted by atomic mass is 35.5. The van der Waals surface area contributed by atoms with Gasteiger partial charge in [0.2, 0.25) is 11.7 Å². The number of hydrogen-bond acceptors (Lipinski definition) is 7. The second-order valence-corrected chi connectivity index (χ2v) is 7.48. The molecule has 0 fully saturated rings. The zero-order valence-electron chi connectivity index (χ0n) is 13.1. The van der Waals surface area contributed by atoms with Crippen molar-refractivity contribution in [2.45, 2.75) is 10.9 Å². The van der Waals surface area contributed by atoms with Crippen LogP contribution in [0, 0.1) is 0 Å². The first-order valence-electron chi connectivity index (χ1n) is 7.35. The third-order valence-corrected chi connectivity index (χ3v) is 5.59. The van der Waals surface area contributed by atoms with E-state index in [0.717, 1.165) is 21.4 Å². The molecule has 3 heterocycles. The Kier molecular flexibility index (Phi) is 4.56. The summed E-state index contributed by atoms with van der Waals surface area (Å²) in [5.41, 5.74) is 0.962. The van der Waals surface area contributed by atoms with Crippen LogP contribution in [0.25, 0.3) is 22.1 Å². The van der Waals surface area contributed by atoms with E-state index < -0.39 is 0 Å². The highest BCUT2D eigenvalue weighted by molar-refractivity contribution is 7.98. The molecule has 4 rings (SSSR count). The molecule has 3 aromatic heterocycles. The molecule has 0 aliphatic carbocycles. The fourth-order valence-corrected chi connectivity index (χ4v) is 3.76. The Bertz CT molecular complexity index is 979. The van der Waals surface area contributed by atoms with Crippen LogP contribution in [0.1, 0.15) is 5.89 Å². The number of thioether (sulfide) groups is 1. The van der Waals surface area contributed by atoms with Crippen LogP contribution in [-0.2, 0) is 12.8 Å². The lowest BCUT2D eigenvalue weighted by Gasteiger charge is -2.03. The molecule has 4 aromatic rings. The number of thiophene rings is 1. The molecule has 0 unspecified atom stereocenters. The van der Waals surface area contributed by atoms with E-state index in [-0.39, 0.29) is 0 Å². The van der Waals surface area contributed by atoms with Crippen molar-refractivity contribution >= 4 is 34.7 Å². The minimum Gasteiger partial charge on any atom is -0.338 e. The number of rotatable bonds is 5. The Morgan fingerprint density at radius 1 is 1.20 bits per heavy atom. The summed E-state index contributed by atoms with van der Waals surface area (Å²) in [6, 6.07) is 11.4. The van der Waals surface area contributed by atoms with Crippen molar-refractivity contribution in [2.75, 3.05) is 0 Å². The molecule has 126 valence electrons. The molecule has 6 nitrogen and oxygen atoms in total. The highest BCUT2D eigenvalue weighted by Gasteiger charge is 2.14. The summed E-state index contributed by atoms with van der Waals surface area (Å²) < 4.78 is 7.24. The second kappa shape index (κ2) is 6.99. The molecule has 25 heavy (non-hydrogen) atoms. The van der Waals surface area contributed by atoms with E-state index in [4.69, 9.17) is 16.1 Å². The molecule has 0 aliphatic heterocycles. The molecular formula is C16H12ClN5OS2. The summed E-state index contributed by atoms with van der Waals surface area (Å²) in [5.74, 6) is 2.49. The second-order valence-electron chi connectivity index (χ2n) is 5.15. The molecule has 9 heteroatoms. The van der Waals surface area contributed by atoms with Crippen molar-refractivity contribution < 1.29 is 4.52 Å². The quantitative estimate of drug-likeness (QED) is 0.467. The lowest BCUT2D eigenvalue weighted by Crippen LogP contribution is -1.95. The molecule has 0 atom stereocenters. The SMILES string of the molecule is Cn1c(SCc2nc(-c3cccs3)no2)nnc1-c1ccc(Cl)cc1. The summed E-state index contributed by atoms with van der Waals surface area (Å²) in [5, 5.41) is 16.0. The summed E-state index contributed by atoms with van der Waals surface area (Å²) >= 11 is 9.01. The number of benzene rings is 1. The Hall–Kier alpha value is -2.16. The van der Waals surface area contributed by atoms with Gasteiger partial charge in [-0.3, -0.25) is 0 Å². The maximum atomic E-state index is 5.93. The summed E-state index contributed by atoms with van der Waals surface area (Å²) in [4.78, 5) is 5.40. The number of halogens is 1. The lowest BCUT2D eigenvalue weighted by molar-refractivity contribution is 0.391. The van der Waals surface area contributed by atoms with Crippen molar-refractivity contribution in [3.63, 3.8) is 0 Å². The molecule has 0 aliphatic rings. The Balaban J connectivity index is 1.48. The summed E-state index contributed by atoms with van der Waals surface area (Å²) in [6.07, 6.45) is 0. The molecule has 0 saturated heterocycles. The first-order valence-corrected chi connectivity index (χ1v) is 9.59. The van der Waals surface area contributed by atoms with E-state index in [1.54, 1.807) is 11.3 Å². The Morgan fingerprint density at radius 3 is 2.80 bits per heavy atom. The normalized spacial score (nSPS) is 11.1. The minimum absolute atomic E-state index is 0.533. The van der Waals surface area contributed by atoms with Crippen LogP contribution in [0.3, 0.4) is 0 Å². The van der Waals surface area contributed by atoms with Crippen molar-refractivity contribution in [3.8, 4) is 22.1 Å². The average Bonchev–Trinajstić information content (AvgIpc) is 3.35. The van der Waals surface area contributed by atoms with Gasteiger partial charge in [0.15, 0.2) is 11.0 Å². The molecule has 0 spiro atoms. The number of hydrogen-bond donors (Lipinski definition) is 0. The molecule has 0 N–H and O–H groups in total. The monoisotopic (exact) mass is 389 g/mol. The summed E-state index contributed by atoms with van der Waals surface area (Å²) in [7, 11) is 1.93. The van der Waals surface area contributed by atoms with Crippen LogP contribution in [0.15, 0.2) is 51.5 Å². The predicted octanol–water partition coefficient (Wildman–Crippen LogP) is 4.54. The van der Waals surface area contributed by atoms with Gasteiger partial charge in [0.1, 0.15) is 0 Å². The van der Waals surface area contributed by atoms with Crippen molar-refractivity contribution in [3.05, 3.63) is 52.7 Å². The third kappa shape index (κ3) is 3.46. The van der Waals surface area contributed by atoms with Gasteiger partial charge in [-0.05, 0) is 35.7 Å². The highest BCUT2D eigenvalue weighted by Crippen LogP contribution is 2.27. The third-order valence-electron chi connectivity index (χ3n) is 3.47. The van der Waals surface area contributed by atoms with Gasteiger partial charge < -0.3 is 9.09 Å². The van der Waals surface area contributed by atoms with Crippen molar-refractivity contribution in [2.24, 2.45) is 7.05 Å². The van der Waals surface area contributed by atoms with Crippen molar-refractivity contribution in [1.82, 2.24) is 24.9 Å².